The van der Waals surface area contributed by atoms with Crippen LogP contribution >= 0.6 is 0 Å². The number of hydrogen-bond donors (Lipinski definition) is 3. The van der Waals surface area contributed by atoms with Crippen molar-refractivity contribution in [3.8, 4) is 0 Å². The topological polar surface area (TPSA) is 143 Å². The second kappa shape index (κ2) is 10.8. The number of nitrogens with zero attached hydrogens (tertiary/aromatic N) is 1. The van der Waals surface area contributed by atoms with Gasteiger partial charge in [-0.3, -0.25) is 24.2 Å². The number of Topliss-reactive ketones (excluding diaryl/α,β-unsaturated/α-hetero) is 1. The lowest BCUT2D eigenvalue weighted by Crippen LogP contribution is -2.62. The normalized spacial score (nSPS) is 36.5. The number of nitrogens with one attached hydrogen (secondary N) is 1. The maximum Gasteiger partial charge on any atom is 0.306 e. The summed E-state index contributed by atoms with van der Waals surface area (Å²) in [7, 11) is 0. The molecule has 40 heavy (non-hydrogen) atoms. The lowest BCUT2D eigenvalue weighted by Gasteiger charge is -2.60. The number of rotatable bonds is 8. The number of amides is 1. The van der Waals surface area contributed by atoms with Crippen LogP contribution in [-0.4, -0.2) is 57.0 Å². The summed E-state index contributed by atoms with van der Waals surface area (Å²) in [6, 6.07) is 3.60. The van der Waals surface area contributed by atoms with Crippen LogP contribution in [0.15, 0.2) is 36.2 Å². The first-order chi connectivity index (χ1) is 19.0. The van der Waals surface area contributed by atoms with E-state index in [1.807, 2.05) is 13.0 Å². The van der Waals surface area contributed by atoms with Crippen molar-refractivity contribution >= 4 is 23.4 Å². The van der Waals surface area contributed by atoms with Crippen LogP contribution in [0.1, 0.15) is 77.2 Å². The molecule has 5 rings (SSSR count). The number of aliphatic hydroxyl groups is 2. The molecule has 1 aromatic heterocycles. The molecule has 4 aliphatic rings. The van der Waals surface area contributed by atoms with Gasteiger partial charge in [0.25, 0.3) is 0 Å². The molecule has 0 radical (unpaired) electrons. The van der Waals surface area contributed by atoms with E-state index < -0.39 is 35.5 Å². The Balaban J connectivity index is 1.18. The number of hydrogen-bond acceptors (Lipinski definition) is 8. The van der Waals surface area contributed by atoms with E-state index in [9.17, 15) is 29.4 Å². The summed E-state index contributed by atoms with van der Waals surface area (Å²) in [5, 5.41) is 26.0. The quantitative estimate of drug-likeness (QED) is 0.418. The number of aliphatic hydroxyl groups excluding tert-OH is 1. The van der Waals surface area contributed by atoms with Crippen LogP contribution in [0.5, 0.6) is 0 Å². The fourth-order valence-electron chi connectivity index (χ4n) is 8.50. The molecule has 3 N–H and O–H groups in total. The van der Waals surface area contributed by atoms with Crippen molar-refractivity contribution in [2.75, 3.05) is 6.61 Å². The molecular formula is C31H40N2O7. The zero-order valence-electron chi connectivity index (χ0n) is 23.4. The first-order valence-corrected chi connectivity index (χ1v) is 14.5. The number of aromatic nitrogens is 1. The van der Waals surface area contributed by atoms with Crippen LogP contribution in [0, 0.1) is 28.6 Å². The number of carbonyl (C=O) groups is 4. The average molecular weight is 553 g/mol. The molecule has 0 saturated heterocycles. The first-order valence-electron chi connectivity index (χ1n) is 14.5. The molecule has 1 aromatic rings. The summed E-state index contributed by atoms with van der Waals surface area (Å²) in [6.07, 6.45) is 8.12. The van der Waals surface area contributed by atoms with E-state index in [0.29, 0.717) is 19.4 Å². The van der Waals surface area contributed by atoms with Gasteiger partial charge in [-0.1, -0.05) is 25.5 Å². The Hall–Kier alpha value is -2.91. The van der Waals surface area contributed by atoms with Crippen LogP contribution < -0.4 is 5.32 Å². The predicted molar refractivity (Wildman–Crippen MR) is 144 cm³/mol. The minimum Gasteiger partial charge on any atom is -0.458 e. The molecule has 3 saturated carbocycles. The van der Waals surface area contributed by atoms with Crippen LogP contribution in [-0.2, 0) is 30.5 Å². The molecule has 216 valence electrons. The number of esters is 1. The van der Waals surface area contributed by atoms with Crippen molar-refractivity contribution < 1.29 is 34.1 Å². The second-order valence-corrected chi connectivity index (χ2v) is 12.7. The molecule has 9 nitrogen and oxygen atoms in total. The summed E-state index contributed by atoms with van der Waals surface area (Å²) in [5.41, 5.74) is -0.819. The van der Waals surface area contributed by atoms with Crippen LogP contribution in [0.4, 0.5) is 0 Å². The minimum absolute atomic E-state index is 0.0155. The van der Waals surface area contributed by atoms with Crippen molar-refractivity contribution in [3.63, 3.8) is 0 Å². The minimum atomic E-state index is -1.70. The van der Waals surface area contributed by atoms with Crippen LogP contribution in [0.2, 0.25) is 0 Å². The van der Waals surface area contributed by atoms with Gasteiger partial charge in [-0.25, -0.2) is 0 Å². The van der Waals surface area contributed by atoms with E-state index in [4.69, 9.17) is 4.74 Å². The van der Waals surface area contributed by atoms with Crippen molar-refractivity contribution in [3.05, 3.63) is 41.7 Å². The van der Waals surface area contributed by atoms with E-state index in [1.54, 1.807) is 24.5 Å². The fourth-order valence-corrected chi connectivity index (χ4v) is 8.50. The number of fused-ring (bicyclic) bond motifs is 5. The number of ketones is 2. The summed E-state index contributed by atoms with van der Waals surface area (Å²) < 4.78 is 5.21. The van der Waals surface area contributed by atoms with E-state index >= 15 is 0 Å². The van der Waals surface area contributed by atoms with E-state index in [0.717, 1.165) is 30.4 Å². The molecule has 0 bridgehead atoms. The third-order valence-electron chi connectivity index (χ3n) is 10.6. The maximum atomic E-state index is 13.4. The van der Waals surface area contributed by atoms with Gasteiger partial charge in [-0.2, -0.15) is 0 Å². The molecule has 1 amide bonds. The summed E-state index contributed by atoms with van der Waals surface area (Å²) in [5.74, 6) is -1.22. The van der Waals surface area contributed by atoms with Crippen LogP contribution in [0.3, 0.4) is 0 Å². The Morgan fingerprint density at radius 3 is 2.70 bits per heavy atom. The number of ether oxygens (including phenoxy) is 1. The third kappa shape index (κ3) is 4.91. The lowest BCUT2D eigenvalue weighted by atomic mass is 9.45. The van der Waals surface area contributed by atoms with Crippen molar-refractivity contribution in [2.45, 2.75) is 89.9 Å². The highest BCUT2D eigenvalue weighted by atomic mass is 16.5. The monoisotopic (exact) mass is 552 g/mol. The lowest BCUT2D eigenvalue weighted by molar-refractivity contribution is -0.184. The van der Waals surface area contributed by atoms with Crippen molar-refractivity contribution in [1.82, 2.24) is 10.3 Å². The fraction of sp³-hybridized carbons (Fsp3) is 0.645. The third-order valence-corrected chi connectivity index (χ3v) is 10.6. The highest BCUT2D eigenvalue weighted by Gasteiger charge is 2.68. The highest BCUT2D eigenvalue weighted by molar-refractivity contribution is 5.92. The summed E-state index contributed by atoms with van der Waals surface area (Å²) >= 11 is 0. The molecule has 1 heterocycles. The van der Waals surface area contributed by atoms with E-state index in [-0.39, 0.29) is 60.5 Å². The standard InChI is InChI=1S/C31H40N2O7/c1-29-11-9-21(34)14-20(29)5-6-22-23-10-12-31(39,30(23,2)15-24(35)28(22)29)25(36)18-40-27(38)8-7-26(37)33-17-19-4-3-13-32-16-19/h3-4,13-14,16,22-24,28,35,39H,5-12,15,17-18H2,1-2H3,(H,33,37)/t22-,23-,24+,28+,29-,30-,31-/m0/s1. The van der Waals surface area contributed by atoms with Gasteiger partial charge in [0, 0.05) is 37.2 Å². The number of pyridine rings is 1. The summed E-state index contributed by atoms with van der Waals surface area (Å²) in [6.45, 7) is 3.80. The Labute approximate surface area is 234 Å². The predicted octanol–water partition coefficient (Wildman–Crippen LogP) is 2.82. The van der Waals surface area contributed by atoms with Crippen molar-refractivity contribution in [1.29, 1.82) is 0 Å². The molecule has 7 atom stereocenters. The van der Waals surface area contributed by atoms with Crippen molar-refractivity contribution in [2.24, 2.45) is 28.6 Å². The van der Waals surface area contributed by atoms with Gasteiger partial charge in [-0.05, 0) is 79.4 Å². The number of allylic oxidation sites excluding steroid dienone is 1. The van der Waals surface area contributed by atoms with Gasteiger partial charge < -0.3 is 20.3 Å². The zero-order chi connectivity index (χ0) is 28.7. The maximum absolute atomic E-state index is 13.4. The molecule has 0 aliphatic heterocycles. The molecule has 9 heteroatoms. The van der Waals surface area contributed by atoms with Gasteiger partial charge in [-0.15, -0.1) is 0 Å². The second-order valence-electron chi connectivity index (χ2n) is 12.7. The van der Waals surface area contributed by atoms with Gasteiger partial charge in [0.1, 0.15) is 5.60 Å². The molecule has 0 unspecified atom stereocenters. The number of carbonyl (C=O) groups excluding carboxylic acids is 4. The largest absolute Gasteiger partial charge is 0.458 e. The summed E-state index contributed by atoms with van der Waals surface area (Å²) in [4.78, 5) is 53.9. The molecule has 4 aliphatic carbocycles. The highest BCUT2D eigenvalue weighted by Crippen LogP contribution is 2.67. The molecule has 0 aromatic carbocycles. The smallest absolute Gasteiger partial charge is 0.306 e. The average Bonchev–Trinajstić information content (AvgIpc) is 3.20. The Bertz CT molecular complexity index is 1220. The zero-order valence-corrected chi connectivity index (χ0v) is 23.4. The SMILES string of the molecule is C[C@]12CCC(=O)C=C1CC[C@@H]1[C@@H]2[C@H](O)C[C@@]2(C)[C@H]1CC[C@]2(O)C(=O)COC(=O)CCC(=O)NCc1cccnc1. The Kier molecular flexibility index (Phi) is 7.74. The van der Waals surface area contributed by atoms with Gasteiger partial charge >= 0.3 is 5.97 Å². The van der Waals surface area contributed by atoms with Gasteiger partial charge in [0.05, 0.1) is 12.5 Å². The van der Waals surface area contributed by atoms with Gasteiger partial charge in [0.2, 0.25) is 11.7 Å². The van der Waals surface area contributed by atoms with Crippen LogP contribution in [0.25, 0.3) is 0 Å². The molecule has 3 fully saturated rings. The molecule has 0 spiro atoms. The van der Waals surface area contributed by atoms with Gasteiger partial charge in [0.15, 0.2) is 12.4 Å². The van der Waals surface area contributed by atoms with E-state index in [1.165, 1.54) is 0 Å². The Morgan fingerprint density at radius 2 is 1.95 bits per heavy atom. The Morgan fingerprint density at radius 1 is 1.15 bits per heavy atom. The first kappa shape index (κ1) is 28.6. The molecular weight excluding hydrogens is 512 g/mol. The van der Waals surface area contributed by atoms with E-state index in [2.05, 4.69) is 17.2 Å².